The number of nitrogens with one attached hydrogen (secondary N) is 3. The molecule has 0 bridgehead atoms. The molecule has 1 aromatic rings. The minimum atomic E-state index is -0.814. The highest BCUT2D eigenvalue weighted by atomic mass is 16.4. The average Bonchev–Trinajstić information content (AvgIpc) is 2.78. The first-order valence-electron chi connectivity index (χ1n) is 5.81. The summed E-state index contributed by atoms with van der Waals surface area (Å²) in [7, 11) is 0. The van der Waals surface area contributed by atoms with Crippen LogP contribution >= 0.6 is 0 Å². The zero-order valence-electron chi connectivity index (χ0n) is 10.3. The van der Waals surface area contributed by atoms with Crippen molar-refractivity contribution in [1.82, 2.24) is 20.6 Å². The van der Waals surface area contributed by atoms with Crippen LogP contribution in [0.25, 0.3) is 0 Å². The maximum atomic E-state index is 11.5. The Bertz CT molecular complexity index is 378. The molecule has 7 heteroatoms. The fourth-order valence-corrected chi connectivity index (χ4v) is 1.46. The van der Waals surface area contributed by atoms with E-state index in [1.807, 2.05) is 6.92 Å². The van der Waals surface area contributed by atoms with E-state index in [-0.39, 0.29) is 18.5 Å². The Morgan fingerprint density at radius 2 is 2.33 bits per heavy atom. The molecular formula is C11H18N4O3. The number of amides is 2. The van der Waals surface area contributed by atoms with Crippen LogP contribution in [-0.4, -0.2) is 33.1 Å². The largest absolute Gasteiger partial charge is 0.481 e. The molecule has 0 saturated carbocycles. The Morgan fingerprint density at radius 1 is 1.56 bits per heavy atom. The first-order valence-corrected chi connectivity index (χ1v) is 5.81. The summed E-state index contributed by atoms with van der Waals surface area (Å²) in [6.45, 7) is 2.23. The first-order chi connectivity index (χ1) is 8.58. The van der Waals surface area contributed by atoms with Gasteiger partial charge < -0.3 is 20.7 Å². The number of carboxylic acid groups (broad SMARTS) is 1. The Balaban J connectivity index is 2.13. The maximum Gasteiger partial charge on any atom is 0.315 e. The van der Waals surface area contributed by atoms with Crippen LogP contribution in [0.1, 0.15) is 31.9 Å². The molecule has 1 aromatic heterocycles. The van der Waals surface area contributed by atoms with Gasteiger partial charge in [0.05, 0.1) is 18.6 Å². The number of carbonyl (C=O) groups excluding carboxylic acids is 1. The van der Waals surface area contributed by atoms with Gasteiger partial charge in [0.15, 0.2) is 0 Å². The summed E-state index contributed by atoms with van der Waals surface area (Å²) in [5.74, 6) is -0.814. The summed E-state index contributed by atoms with van der Waals surface area (Å²) in [6, 6.07) is -0.321. The van der Waals surface area contributed by atoms with Crippen molar-refractivity contribution >= 4 is 12.0 Å². The van der Waals surface area contributed by atoms with Gasteiger partial charge in [-0.1, -0.05) is 0 Å². The van der Waals surface area contributed by atoms with Crippen molar-refractivity contribution in [1.29, 1.82) is 0 Å². The Labute approximate surface area is 105 Å². The Morgan fingerprint density at radius 3 is 2.94 bits per heavy atom. The number of rotatable bonds is 7. The number of aliphatic carboxylic acids is 1. The highest BCUT2D eigenvalue weighted by Crippen LogP contribution is 2.00. The number of imidazole rings is 1. The van der Waals surface area contributed by atoms with Crippen molar-refractivity contribution in [2.45, 2.75) is 38.8 Å². The number of urea groups is 1. The molecule has 1 heterocycles. The number of hydrogen-bond donors (Lipinski definition) is 4. The SMILES string of the molecule is CC(CCCC(=O)O)NC(=O)NCc1cnc[nH]1. The number of aromatic amines is 1. The molecule has 0 spiro atoms. The van der Waals surface area contributed by atoms with Gasteiger partial charge in [-0.05, 0) is 19.8 Å². The van der Waals surface area contributed by atoms with Crippen LogP contribution in [0.3, 0.4) is 0 Å². The molecule has 1 rings (SSSR count). The predicted octanol–water partition coefficient (Wildman–Crippen LogP) is 0.852. The third-order valence-corrected chi connectivity index (χ3v) is 2.40. The van der Waals surface area contributed by atoms with E-state index in [4.69, 9.17) is 5.11 Å². The molecular weight excluding hydrogens is 236 g/mol. The highest BCUT2D eigenvalue weighted by molar-refractivity contribution is 5.74. The maximum absolute atomic E-state index is 11.5. The zero-order chi connectivity index (χ0) is 13.4. The highest BCUT2D eigenvalue weighted by Gasteiger charge is 2.07. The molecule has 2 amide bonds. The van der Waals surface area contributed by atoms with Gasteiger partial charge in [0.25, 0.3) is 0 Å². The monoisotopic (exact) mass is 254 g/mol. The molecule has 4 N–H and O–H groups in total. The molecule has 1 atom stereocenters. The van der Waals surface area contributed by atoms with Crippen LogP contribution in [0, 0.1) is 0 Å². The lowest BCUT2D eigenvalue weighted by Gasteiger charge is -2.13. The van der Waals surface area contributed by atoms with Crippen LogP contribution in [0.2, 0.25) is 0 Å². The zero-order valence-corrected chi connectivity index (χ0v) is 10.3. The molecule has 7 nitrogen and oxygen atoms in total. The molecule has 1 unspecified atom stereocenters. The quantitative estimate of drug-likeness (QED) is 0.578. The third-order valence-electron chi connectivity index (χ3n) is 2.40. The van der Waals surface area contributed by atoms with Gasteiger partial charge in [-0.2, -0.15) is 0 Å². The summed E-state index contributed by atoms with van der Waals surface area (Å²) < 4.78 is 0. The lowest BCUT2D eigenvalue weighted by Crippen LogP contribution is -2.40. The lowest BCUT2D eigenvalue weighted by molar-refractivity contribution is -0.137. The van der Waals surface area contributed by atoms with E-state index >= 15 is 0 Å². The summed E-state index contributed by atoms with van der Waals surface area (Å²) in [6.07, 6.45) is 4.50. The van der Waals surface area contributed by atoms with Gasteiger partial charge in [0.1, 0.15) is 0 Å². The number of hydrogen-bond acceptors (Lipinski definition) is 3. The topological polar surface area (TPSA) is 107 Å². The first kappa shape index (κ1) is 14.0. The van der Waals surface area contributed by atoms with Crippen LogP contribution in [0.5, 0.6) is 0 Å². The van der Waals surface area contributed by atoms with Crippen LogP contribution < -0.4 is 10.6 Å². The van der Waals surface area contributed by atoms with Gasteiger partial charge in [-0.15, -0.1) is 0 Å². The van der Waals surface area contributed by atoms with E-state index in [1.165, 1.54) is 0 Å². The van der Waals surface area contributed by atoms with Crippen molar-refractivity contribution < 1.29 is 14.7 Å². The molecule has 0 aliphatic carbocycles. The third kappa shape index (κ3) is 5.88. The summed E-state index contributed by atoms with van der Waals surface area (Å²) in [5.41, 5.74) is 0.823. The van der Waals surface area contributed by atoms with Crippen molar-refractivity contribution in [2.75, 3.05) is 0 Å². The van der Waals surface area contributed by atoms with Crippen molar-refractivity contribution in [3.63, 3.8) is 0 Å². The molecule has 0 fully saturated rings. The number of H-pyrrole nitrogens is 1. The molecule has 0 aromatic carbocycles. The molecule has 0 aliphatic rings. The van der Waals surface area contributed by atoms with Crippen molar-refractivity contribution in [3.05, 3.63) is 18.2 Å². The van der Waals surface area contributed by atoms with E-state index in [1.54, 1.807) is 12.5 Å². The average molecular weight is 254 g/mol. The van der Waals surface area contributed by atoms with Crippen LogP contribution in [0.15, 0.2) is 12.5 Å². The number of aromatic nitrogens is 2. The van der Waals surface area contributed by atoms with E-state index in [2.05, 4.69) is 20.6 Å². The number of nitrogens with zero attached hydrogens (tertiary/aromatic N) is 1. The van der Waals surface area contributed by atoms with Gasteiger partial charge in [-0.3, -0.25) is 4.79 Å². The molecule has 0 aliphatic heterocycles. The van der Waals surface area contributed by atoms with Crippen LogP contribution in [-0.2, 0) is 11.3 Å². The second kappa shape index (κ2) is 7.31. The summed E-state index contributed by atoms with van der Waals surface area (Å²) in [4.78, 5) is 28.5. The van der Waals surface area contributed by atoms with E-state index in [0.29, 0.717) is 19.4 Å². The second-order valence-electron chi connectivity index (χ2n) is 4.09. The molecule has 0 radical (unpaired) electrons. The van der Waals surface area contributed by atoms with Gasteiger partial charge in [0.2, 0.25) is 0 Å². The van der Waals surface area contributed by atoms with Crippen LogP contribution in [0.4, 0.5) is 4.79 Å². The van der Waals surface area contributed by atoms with Gasteiger partial charge in [0, 0.05) is 18.7 Å². The fraction of sp³-hybridized carbons (Fsp3) is 0.545. The minimum Gasteiger partial charge on any atom is -0.481 e. The second-order valence-corrected chi connectivity index (χ2v) is 4.09. The standard InChI is InChI=1S/C11H18N4O3/c1-8(3-2-4-10(16)17)15-11(18)13-6-9-5-12-7-14-9/h5,7-8H,2-4,6H2,1H3,(H,12,14)(H,16,17)(H2,13,15,18). The minimum absolute atomic E-state index is 0.0499. The normalized spacial score (nSPS) is 11.8. The van der Waals surface area contributed by atoms with Crippen molar-refractivity contribution in [3.8, 4) is 0 Å². The van der Waals surface area contributed by atoms with Gasteiger partial charge >= 0.3 is 12.0 Å². The summed E-state index contributed by atoms with van der Waals surface area (Å²) >= 11 is 0. The molecule has 0 saturated heterocycles. The van der Waals surface area contributed by atoms with E-state index < -0.39 is 5.97 Å². The van der Waals surface area contributed by atoms with E-state index in [0.717, 1.165) is 5.69 Å². The van der Waals surface area contributed by atoms with Gasteiger partial charge in [-0.25, -0.2) is 9.78 Å². The number of carbonyl (C=O) groups is 2. The number of carboxylic acids is 1. The van der Waals surface area contributed by atoms with E-state index in [9.17, 15) is 9.59 Å². The lowest BCUT2D eigenvalue weighted by atomic mass is 10.1. The molecule has 100 valence electrons. The predicted molar refractivity (Wildman–Crippen MR) is 64.9 cm³/mol. The Kier molecular flexibility index (Phi) is 5.69. The van der Waals surface area contributed by atoms with Crippen molar-refractivity contribution in [2.24, 2.45) is 0 Å². The summed E-state index contributed by atoms with van der Waals surface area (Å²) in [5, 5.41) is 13.9. The smallest absolute Gasteiger partial charge is 0.315 e. The fourth-order valence-electron chi connectivity index (χ4n) is 1.46. The Hall–Kier alpha value is -2.05. The molecule has 18 heavy (non-hydrogen) atoms.